The zero-order valence-corrected chi connectivity index (χ0v) is 11.1. The standard InChI is InChI=1S/C14H20O6/c15-8-14(9-16,10-17)12(6-7-13(18)19)20-11-4-2-1-3-5-11/h1-5,12,15-17H,6-10H2,(H,18,19). The lowest BCUT2D eigenvalue weighted by atomic mass is 9.82. The Bertz CT molecular complexity index is 393. The van der Waals surface area contributed by atoms with Crippen molar-refractivity contribution in [1.82, 2.24) is 0 Å². The van der Waals surface area contributed by atoms with E-state index in [9.17, 15) is 20.1 Å². The topological polar surface area (TPSA) is 107 Å². The summed E-state index contributed by atoms with van der Waals surface area (Å²) in [7, 11) is 0. The number of para-hydroxylation sites is 1. The minimum Gasteiger partial charge on any atom is -0.490 e. The smallest absolute Gasteiger partial charge is 0.303 e. The molecule has 0 aliphatic carbocycles. The number of carboxylic acid groups (broad SMARTS) is 1. The van der Waals surface area contributed by atoms with E-state index in [1.165, 1.54) is 0 Å². The summed E-state index contributed by atoms with van der Waals surface area (Å²) in [6.45, 7) is -1.51. The van der Waals surface area contributed by atoms with E-state index >= 15 is 0 Å². The molecular weight excluding hydrogens is 264 g/mol. The Hall–Kier alpha value is -1.63. The fraction of sp³-hybridized carbons (Fsp3) is 0.500. The summed E-state index contributed by atoms with van der Waals surface area (Å²) in [4.78, 5) is 10.7. The van der Waals surface area contributed by atoms with Gasteiger partial charge in [-0.1, -0.05) is 18.2 Å². The molecule has 0 bridgehead atoms. The first-order valence-corrected chi connectivity index (χ1v) is 6.34. The van der Waals surface area contributed by atoms with Crippen LogP contribution < -0.4 is 4.74 Å². The second-order valence-corrected chi connectivity index (χ2v) is 4.69. The number of aliphatic carboxylic acids is 1. The van der Waals surface area contributed by atoms with Crippen LogP contribution in [0.25, 0.3) is 0 Å². The molecule has 0 aliphatic heterocycles. The van der Waals surface area contributed by atoms with E-state index < -0.39 is 37.3 Å². The highest BCUT2D eigenvalue weighted by molar-refractivity contribution is 5.66. The van der Waals surface area contributed by atoms with Crippen LogP contribution in [0, 0.1) is 5.41 Å². The van der Waals surface area contributed by atoms with Crippen LogP contribution in [0.1, 0.15) is 12.8 Å². The maximum absolute atomic E-state index is 10.7. The molecule has 6 nitrogen and oxygen atoms in total. The SMILES string of the molecule is O=C(O)CCC(Oc1ccccc1)C(CO)(CO)CO. The predicted molar refractivity (Wildman–Crippen MR) is 71.4 cm³/mol. The molecule has 0 spiro atoms. The largest absolute Gasteiger partial charge is 0.490 e. The summed E-state index contributed by atoms with van der Waals surface area (Å²) in [6, 6.07) is 8.68. The molecule has 0 amide bonds. The second kappa shape index (κ2) is 7.84. The number of hydrogen-bond donors (Lipinski definition) is 4. The molecular formula is C14H20O6. The number of carbonyl (C=O) groups is 1. The molecule has 1 aromatic rings. The number of aliphatic hydroxyl groups is 3. The van der Waals surface area contributed by atoms with Gasteiger partial charge in [0.2, 0.25) is 0 Å². The van der Waals surface area contributed by atoms with Crippen molar-refractivity contribution in [3.8, 4) is 5.75 Å². The second-order valence-electron chi connectivity index (χ2n) is 4.69. The monoisotopic (exact) mass is 284 g/mol. The van der Waals surface area contributed by atoms with Crippen molar-refractivity contribution >= 4 is 5.97 Å². The Balaban J connectivity index is 2.91. The van der Waals surface area contributed by atoms with Gasteiger partial charge < -0.3 is 25.2 Å². The Kier molecular flexibility index (Phi) is 6.44. The van der Waals surface area contributed by atoms with Crippen LogP contribution in [-0.4, -0.2) is 52.3 Å². The first-order chi connectivity index (χ1) is 9.57. The summed E-state index contributed by atoms with van der Waals surface area (Å²) < 4.78 is 5.66. The van der Waals surface area contributed by atoms with Crippen LogP contribution in [0.4, 0.5) is 0 Å². The predicted octanol–water partition coefficient (Wildman–Crippen LogP) is 0.262. The highest BCUT2D eigenvalue weighted by Gasteiger charge is 2.39. The van der Waals surface area contributed by atoms with Gasteiger partial charge in [-0.15, -0.1) is 0 Å². The van der Waals surface area contributed by atoms with Crippen LogP contribution in [0.5, 0.6) is 5.75 Å². The Morgan fingerprint density at radius 2 is 1.65 bits per heavy atom. The van der Waals surface area contributed by atoms with E-state index in [1.54, 1.807) is 30.3 Å². The van der Waals surface area contributed by atoms with Crippen LogP contribution >= 0.6 is 0 Å². The average molecular weight is 284 g/mol. The lowest BCUT2D eigenvalue weighted by Gasteiger charge is -2.36. The summed E-state index contributed by atoms with van der Waals surface area (Å²) in [6.07, 6.45) is -0.911. The van der Waals surface area contributed by atoms with E-state index in [0.29, 0.717) is 5.75 Å². The van der Waals surface area contributed by atoms with Crippen molar-refractivity contribution in [1.29, 1.82) is 0 Å². The summed E-state index contributed by atoms with van der Waals surface area (Å²) in [5, 5.41) is 37.1. The van der Waals surface area contributed by atoms with Gasteiger partial charge in [0.25, 0.3) is 0 Å². The van der Waals surface area contributed by atoms with Crippen LogP contribution in [0.2, 0.25) is 0 Å². The van der Waals surface area contributed by atoms with Gasteiger partial charge in [-0.3, -0.25) is 4.79 Å². The van der Waals surface area contributed by atoms with Gasteiger partial charge in [0.15, 0.2) is 0 Å². The van der Waals surface area contributed by atoms with E-state index in [4.69, 9.17) is 9.84 Å². The first kappa shape index (κ1) is 16.4. The molecule has 1 aromatic carbocycles. The van der Waals surface area contributed by atoms with E-state index in [2.05, 4.69) is 0 Å². The third kappa shape index (κ3) is 4.19. The van der Waals surface area contributed by atoms with Crippen molar-refractivity contribution in [2.75, 3.05) is 19.8 Å². The molecule has 1 atom stereocenters. The van der Waals surface area contributed by atoms with E-state index in [-0.39, 0.29) is 12.8 Å². The molecule has 1 rings (SSSR count). The van der Waals surface area contributed by atoms with Crippen molar-refractivity contribution in [3.05, 3.63) is 30.3 Å². The molecule has 0 aliphatic rings. The number of benzene rings is 1. The Morgan fingerprint density at radius 1 is 1.10 bits per heavy atom. The van der Waals surface area contributed by atoms with E-state index in [1.807, 2.05) is 0 Å². The minimum atomic E-state index is -1.29. The number of aliphatic hydroxyl groups excluding tert-OH is 3. The van der Waals surface area contributed by atoms with Crippen molar-refractivity contribution in [3.63, 3.8) is 0 Å². The Labute approximate surface area is 117 Å². The van der Waals surface area contributed by atoms with Crippen molar-refractivity contribution in [2.24, 2.45) is 5.41 Å². The number of rotatable bonds is 9. The van der Waals surface area contributed by atoms with Gasteiger partial charge in [0.1, 0.15) is 11.9 Å². The fourth-order valence-electron chi connectivity index (χ4n) is 1.86. The van der Waals surface area contributed by atoms with Gasteiger partial charge in [0.05, 0.1) is 25.2 Å². The lowest BCUT2D eigenvalue weighted by Crippen LogP contribution is -2.48. The molecule has 0 saturated carbocycles. The highest BCUT2D eigenvalue weighted by Crippen LogP contribution is 2.28. The molecule has 6 heteroatoms. The molecule has 4 N–H and O–H groups in total. The van der Waals surface area contributed by atoms with Gasteiger partial charge in [-0.25, -0.2) is 0 Å². The highest BCUT2D eigenvalue weighted by atomic mass is 16.5. The average Bonchev–Trinajstić information content (AvgIpc) is 2.47. The molecule has 0 fully saturated rings. The number of ether oxygens (including phenoxy) is 1. The quantitative estimate of drug-likeness (QED) is 0.518. The van der Waals surface area contributed by atoms with Gasteiger partial charge in [-0.05, 0) is 18.6 Å². The minimum absolute atomic E-state index is 0.0753. The molecule has 1 unspecified atom stereocenters. The van der Waals surface area contributed by atoms with Crippen LogP contribution in [0.15, 0.2) is 30.3 Å². The van der Waals surface area contributed by atoms with Crippen LogP contribution in [0.3, 0.4) is 0 Å². The summed E-state index contributed by atoms with van der Waals surface area (Å²) in [5.41, 5.74) is -1.29. The normalized spacial score (nSPS) is 12.9. The summed E-state index contributed by atoms with van der Waals surface area (Å²) in [5.74, 6) is -0.517. The third-order valence-electron chi connectivity index (χ3n) is 3.27. The molecule has 0 saturated heterocycles. The van der Waals surface area contributed by atoms with Crippen molar-refractivity contribution < 1.29 is 30.0 Å². The molecule has 0 radical (unpaired) electrons. The first-order valence-electron chi connectivity index (χ1n) is 6.34. The number of carboxylic acids is 1. The molecule has 20 heavy (non-hydrogen) atoms. The fourth-order valence-corrected chi connectivity index (χ4v) is 1.86. The zero-order valence-electron chi connectivity index (χ0n) is 11.1. The van der Waals surface area contributed by atoms with Gasteiger partial charge >= 0.3 is 5.97 Å². The van der Waals surface area contributed by atoms with Crippen LogP contribution in [-0.2, 0) is 4.79 Å². The zero-order chi connectivity index (χ0) is 15.0. The molecule has 0 aromatic heterocycles. The van der Waals surface area contributed by atoms with Gasteiger partial charge in [-0.2, -0.15) is 0 Å². The molecule has 112 valence electrons. The summed E-state index contributed by atoms with van der Waals surface area (Å²) >= 11 is 0. The van der Waals surface area contributed by atoms with E-state index in [0.717, 1.165) is 0 Å². The lowest BCUT2D eigenvalue weighted by molar-refractivity contribution is -0.139. The van der Waals surface area contributed by atoms with Crippen molar-refractivity contribution in [2.45, 2.75) is 18.9 Å². The molecule has 0 heterocycles. The Morgan fingerprint density at radius 3 is 2.10 bits per heavy atom. The maximum atomic E-state index is 10.7. The number of hydrogen-bond acceptors (Lipinski definition) is 5. The third-order valence-corrected chi connectivity index (χ3v) is 3.27. The van der Waals surface area contributed by atoms with Gasteiger partial charge in [0, 0.05) is 6.42 Å². The maximum Gasteiger partial charge on any atom is 0.303 e.